The van der Waals surface area contributed by atoms with Gasteiger partial charge in [-0.25, -0.2) is 8.42 Å². The van der Waals surface area contributed by atoms with Gasteiger partial charge in [-0.2, -0.15) is 5.48 Å². The molecule has 7 heteroatoms. The molecule has 1 amide bonds. The van der Waals surface area contributed by atoms with Crippen molar-refractivity contribution in [2.45, 2.75) is 18.9 Å². The van der Waals surface area contributed by atoms with Crippen LogP contribution >= 0.6 is 0 Å². The van der Waals surface area contributed by atoms with Crippen LogP contribution in [0, 0.1) is 0 Å². The monoisotopic (exact) mass is 222 g/mol. The van der Waals surface area contributed by atoms with Gasteiger partial charge in [-0.1, -0.05) is 0 Å². The molecule has 6 nitrogen and oxygen atoms in total. The molecule has 0 aromatic heterocycles. The first-order valence-corrected chi connectivity index (χ1v) is 6.18. The molecule has 0 saturated carbocycles. The third kappa shape index (κ3) is 4.03. The van der Waals surface area contributed by atoms with Crippen LogP contribution in [0.2, 0.25) is 0 Å². The highest BCUT2D eigenvalue weighted by Gasteiger charge is 2.23. The number of hydrogen-bond acceptors (Lipinski definition) is 5. The summed E-state index contributed by atoms with van der Waals surface area (Å²) in [5, 5.41) is 0. The number of carbonyl (C=O) groups excluding carboxylic acids is 1. The molecule has 0 aromatic carbocycles. The number of rotatable bonds is 4. The molecule has 1 heterocycles. The second kappa shape index (κ2) is 4.72. The van der Waals surface area contributed by atoms with Crippen molar-refractivity contribution < 1.29 is 18.0 Å². The third-order valence-corrected chi connectivity index (χ3v) is 3.73. The van der Waals surface area contributed by atoms with Crippen molar-refractivity contribution in [3.05, 3.63) is 0 Å². The number of primary amides is 1. The lowest BCUT2D eigenvalue weighted by Crippen LogP contribution is -2.39. The third-order valence-electron chi connectivity index (χ3n) is 2.02. The zero-order valence-corrected chi connectivity index (χ0v) is 8.55. The number of sulfone groups is 1. The van der Waals surface area contributed by atoms with E-state index < -0.39 is 15.7 Å². The molecule has 0 bridgehead atoms. The minimum absolute atomic E-state index is 0.00197. The minimum atomic E-state index is -2.84. The van der Waals surface area contributed by atoms with Gasteiger partial charge in [-0.15, -0.1) is 0 Å². The van der Waals surface area contributed by atoms with E-state index in [2.05, 4.69) is 5.48 Å². The highest BCUT2D eigenvalue weighted by Crippen LogP contribution is 2.11. The van der Waals surface area contributed by atoms with Crippen LogP contribution in [0.25, 0.3) is 0 Å². The van der Waals surface area contributed by atoms with E-state index in [-0.39, 0.29) is 24.2 Å². The Hall–Kier alpha value is -0.660. The highest BCUT2D eigenvalue weighted by molar-refractivity contribution is 7.91. The first kappa shape index (κ1) is 11.4. The lowest BCUT2D eigenvalue weighted by Gasteiger charge is -2.22. The van der Waals surface area contributed by atoms with Crippen LogP contribution in [-0.4, -0.2) is 38.5 Å². The molecule has 0 unspecified atom stereocenters. The summed E-state index contributed by atoms with van der Waals surface area (Å²) in [7, 11) is -2.84. The number of hydrogen-bond donors (Lipinski definition) is 2. The summed E-state index contributed by atoms with van der Waals surface area (Å²) in [6.45, 7) is -0.191. The molecule has 1 rings (SSSR count). The van der Waals surface area contributed by atoms with Gasteiger partial charge in [0.05, 0.1) is 11.5 Å². The van der Waals surface area contributed by atoms with E-state index in [0.29, 0.717) is 12.8 Å². The van der Waals surface area contributed by atoms with Gasteiger partial charge in [0, 0.05) is 6.04 Å². The van der Waals surface area contributed by atoms with Crippen LogP contribution < -0.4 is 11.2 Å². The van der Waals surface area contributed by atoms with Crippen LogP contribution in [0.15, 0.2) is 0 Å². The maximum absolute atomic E-state index is 11.0. The van der Waals surface area contributed by atoms with Crippen molar-refractivity contribution in [3.63, 3.8) is 0 Å². The molecule has 1 aliphatic heterocycles. The van der Waals surface area contributed by atoms with Gasteiger partial charge in [0.1, 0.15) is 16.4 Å². The molecule has 1 saturated heterocycles. The van der Waals surface area contributed by atoms with Crippen LogP contribution in [0.5, 0.6) is 0 Å². The van der Waals surface area contributed by atoms with E-state index in [1.165, 1.54) is 0 Å². The summed E-state index contributed by atoms with van der Waals surface area (Å²) in [5.74, 6) is -0.212. The SMILES string of the molecule is NC(=O)CONC1CCS(=O)(=O)CC1. The van der Waals surface area contributed by atoms with Gasteiger partial charge in [0.25, 0.3) is 0 Å². The van der Waals surface area contributed by atoms with E-state index in [0.717, 1.165) is 0 Å². The van der Waals surface area contributed by atoms with Gasteiger partial charge >= 0.3 is 0 Å². The minimum Gasteiger partial charge on any atom is -0.368 e. The van der Waals surface area contributed by atoms with Gasteiger partial charge in [0.15, 0.2) is 0 Å². The predicted molar refractivity (Wildman–Crippen MR) is 50.0 cm³/mol. The maximum atomic E-state index is 11.0. The molecular weight excluding hydrogens is 208 g/mol. The average Bonchev–Trinajstić information content (AvgIpc) is 2.07. The fraction of sp³-hybridized carbons (Fsp3) is 0.857. The summed E-state index contributed by atoms with van der Waals surface area (Å²) in [5.41, 5.74) is 7.48. The molecule has 0 radical (unpaired) electrons. The predicted octanol–water partition coefficient (Wildman–Crippen LogP) is -1.43. The van der Waals surface area contributed by atoms with E-state index >= 15 is 0 Å². The zero-order valence-electron chi connectivity index (χ0n) is 7.73. The normalized spacial score (nSPS) is 22.0. The van der Waals surface area contributed by atoms with Crippen LogP contribution in [0.4, 0.5) is 0 Å². The molecule has 1 aliphatic rings. The Morgan fingerprint density at radius 2 is 2.00 bits per heavy atom. The standard InChI is InChI=1S/C7H14N2O4S/c8-7(10)5-13-9-6-1-3-14(11,12)4-2-6/h6,9H,1-5H2,(H2,8,10). The summed E-state index contributed by atoms with van der Waals surface area (Å²) >= 11 is 0. The summed E-state index contributed by atoms with van der Waals surface area (Å²) in [4.78, 5) is 15.1. The molecule has 82 valence electrons. The van der Waals surface area contributed by atoms with E-state index in [9.17, 15) is 13.2 Å². The first-order valence-electron chi connectivity index (χ1n) is 4.36. The van der Waals surface area contributed by atoms with Gasteiger partial charge in [-0.05, 0) is 12.8 Å². The van der Waals surface area contributed by atoms with E-state index in [4.69, 9.17) is 10.6 Å². The number of nitrogens with two attached hydrogens (primary N) is 1. The Morgan fingerprint density at radius 1 is 1.43 bits per heavy atom. The molecule has 0 aliphatic carbocycles. The molecule has 3 N–H and O–H groups in total. The fourth-order valence-corrected chi connectivity index (χ4v) is 2.73. The summed E-state index contributed by atoms with van der Waals surface area (Å²) in [6.07, 6.45) is 1.03. The Morgan fingerprint density at radius 3 is 2.50 bits per heavy atom. The van der Waals surface area contributed by atoms with Crippen molar-refractivity contribution in [2.75, 3.05) is 18.1 Å². The molecule has 0 atom stereocenters. The van der Waals surface area contributed by atoms with Crippen LogP contribution in [0.3, 0.4) is 0 Å². The first-order chi connectivity index (χ1) is 6.49. The smallest absolute Gasteiger partial charge is 0.245 e. The second-order valence-corrected chi connectivity index (χ2v) is 5.60. The number of hydroxylamine groups is 1. The molecular formula is C7H14N2O4S. The van der Waals surface area contributed by atoms with Crippen molar-refractivity contribution >= 4 is 15.7 Å². The van der Waals surface area contributed by atoms with Crippen molar-refractivity contribution in [1.29, 1.82) is 0 Å². The van der Waals surface area contributed by atoms with Gasteiger partial charge in [-0.3, -0.25) is 9.63 Å². The summed E-state index contributed by atoms with van der Waals surface area (Å²) < 4.78 is 22.1. The van der Waals surface area contributed by atoms with Crippen molar-refractivity contribution in [3.8, 4) is 0 Å². The van der Waals surface area contributed by atoms with Gasteiger partial charge in [0.2, 0.25) is 5.91 Å². The lowest BCUT2D eigenvalue weighted by molar-refractivity contribution is -0.126. The topological polar surface area (TPSA) is 98.5 Å². The van der Waals surface area contributed by atoms with Gasteiger partial charge < -0.3 is 5.73 Å². The van der Waals surface area contributed by atoms with E-state index in [1.807, 2.05) is 0 Å². The molecule has 1 fully saturated rings. The Balaban J connectivity index is 2.19. The molecule has 0 spiro atoms. The van der Waals surface area contributed by atoms with E-state index in [1.54, 1.807) is 0 Å². The summed E-state index contributed by atoms with van der Waals surface area (Å²) in [6, 6.07) is -0.00197. The Labute approximate surface area is 82.7 Å². The zero-order chi connectivity index (χ0) is 10.6. The van der Waals surface area contributed by atoms with Crippen LogP contribution in [0.1, 0.15) is 12.8 Å². The van der Waals surface area contributed by atoms with Crippen molar-refractivity contribution in [1.82, 2.24) is 5.48 Å². The van der Waals surface area contributed by atoms with Crippen LogP contribution in [-0.2, 0) is 19.5 Å². The quantitative estimate of drug-likeness (QED) is 0.568. The number of amides is 1. The van der Waals surface area contributed by atoms with Crippen molar-refractivity contribution in [2.24, 2.45) is 5.73 Å². The Kier molecular flexibility index (Phi) is 3.85. The second-order valence-electron chi connectivity index (χ2n) is 3.30. The largest absolute Gasteiger partial charge is 0.368 e. The maximum Gasteiger partial charge on any atom is 0.245 e. The Bertz CT molecular complexity index is 287. The number of carbonyl (C=O) groups is 1. The lowest BCUT2D eigenvalue weighted by atomic mass is 10.2. The highest BCUT2D eigenvalue weighted by atomic mass is 32.2. The fourth-order valence-electron chi connectivity index (χ4n) is 1.24. The average molecular weight is 222 g/mol. The number of nitrogens with one attached hydrogen (secondary N) is 1. The molecule has 0 aromatic rings. The molecule has 14 heavy (non-hydrogen) atoms.